The van der Waals surface area contributed by atoms with Gasteiger partial charge in [-0.1, -0.05) is 6.07 Å². The minimum Gasteiger partial charge on any atom is -0.497 e. The molecule has 0 bridgehead atoms. The Labute approximate surface area is 174 Å². The molecule has 28 heavy (non-hydrogen) atoms. The number of sulfonamides is 1. The van der Waals surface area contributed by atoms with Crippen LogP contribution in [0.5, 0.6) is 5.75 Å². The summed E-state index contributed by atoms with van der Waals surface area (Å²) in [6.07, 6.45) is 0.982. The predicted molar refractivity (Wildman–Crippen MR) is 112 cm³/mol. The van der Waals surface area contributed by atoms with E-state index in [0.717, 1.165) is 15.7 Å². The Balaban J connectivity index is 1.62. The van der Waals surface area contributed by atoms with Crippen molar-refractivity contribution in [3.8, 4) is 5.75 Å². The van der Waals surface area contributed by atoms with E-state index in [2.05, 4.69) is 21.2 Å². The summed E-state index contributed by atoms with van der Waals surface area (Å²) in [6, 6.07) is 12.1. The molecule has 1 aliphatic rings. The Morgan fingerprint density at radius 3 is 2.36 bits per heavy atom. The summed E-state index contributed by atoms with van der Waals surface area (Å²) in [5, 5.41) is 2.94. The van der Waals surface area contributed by atoms with Crippen molar-refractivity contribution in [2.45, 2.75) is 24.7 Å². The Bertz CT molecular complexity index is 953. The number of amides is 1. The molecule has 1 N–H and O–H groups in total. The number of anilines is 1. The normalized spacial score (nSPS) is 16.0. The highest BCUT2D eigenvalue weighted by molar-refractivity contribution is 9.10. The predicted octanol–water partition coefficient (Wildman–Crippen LogP) is 3.81. The van der Waals surface area contributed by atoms with Gasteiger partial charge in [-0.25, -0.2) is 8.42 Å². The Morgan fingerprint density at radius 2 is 1.79 bits per heavy atom. The second-order valence-electron chi connectivity index (χ2n) is 6.83. The van der Waals surface area contributed by atoms with Crippen molar-refractivity contribution in [2.24, 2.45) is 5.92 Å². The molecule has 2 aromatic carbocycles. The number of aryl methyl sites for hydroxylation is 1. The second-order valence-corrected chi connectivity index (χ2v) is 9.62. The Kier molecular flexibility index (Phi) is 6.42. The Morgan fingerprint density at radius 1 is 1.14 bits per heavy atom. The molecule has 0 radical (unpaired) electrons. The summed E-state index contributed by atoms with van der Waals surface area (Å²) in [5.41, 5.74) is 1.82. The molecule has 150 valence electrons. The van der Waals surface area contributed by atoms with E-state index in [0.29, 0.717) is 31.7 Å². The molecule has 1 fully saturated rings. The maximum Gasteiger partial charge on any atom is 0.243 e. The number of halogens is 1. The van der Waals surface area contributed by atoms with Gasteiger partial charge in [-0.15, -0.1) is 0 Å². The van der Waals surface area contributed by atoms with Crippen LogP contribution in [0.25, 0.3) is 0 Å². The SMILES string of the molecule is COc1ccc(S(=O)(=O)N2CCC(C(=O)Nc3ccc(C)cc3Br)CC2)cc1. The number of methoxy groups -OCH3 is 1. The number of nitrogens with one attached hydrogen (secondary N) is 1. The van der Waals surface area contributed by atoms with Gasteiger partial charge in [-0.05, 0) is 77.7 Å². The van der Waals surface area contributed by atoms with Crippen LogP contribution in [0.15, 0.2) is 51.8 Å². The van der Waals surface area contributed by atoms with Crippen molar-refractivity contribution >= 4 is 37.5 Å². The van der Waals surface area contributed by atoms with Crippen LogP contribution >= 0.6 is 15.9 Å². The highest BCUT2D eigenvalue weighted by Gasteiger charge is 2.32. The van der Waals surface area contributed by atoms with Crippen LogP contribution in [0.2, 0.25) is 0 Å². The minimum atomic E-state index is -3.57. The second kappa shape index (κ2) is 8.63. The fraction of sp³-hybridized carbons (Fsp3) is 0.350. The molecule has 1 aliphatic heterocycles. The highest BCUT2D eigenvalue weighted by atomic mass is 79.9. The number of hydrogen-bond acceptors (Lipinski definition) is 4. The van der Waals surface area contributed by atoms with Crippen LogP contribution in [-0.4, -0.2) is 38.8 Å². The van der Waals surface area contributed by atoms with E-state index in [9.17, 15) is 13.2 Å². The van der Waals surface area contributed by atoms with Gasteiger partial charge in [0.25, 0.3) is 0 Å². The lowest BCUT2D eigenvalue weighted by Gasteiger charge is -2.30. The molecular weight excluding hydrogens is 444 g/mol. The van der Waals surface area contributed by atoms with Gasteiger partial charge in [0.05, 0.1) is 17.7 Å². The van der Waals surface area contributed by atoms with Gasteiger partial charge in [0.2, 0.25) is 15.9 Å². The monoisotopic (exact) mass is 466 g/mol. The summed E-state index contributed by atoms with van der Waals surface area (Å²) < 4.78 is 33.0. The van der Waals surface area contributed by atoms with Crippen LogP contribution in [0.4, 0.5) is 5.69 Å². The topological polar surface area (TPSA) is 75.7 Å². The van der Waals surface area contributed by atoms with Gasteiger partial charge >= 0.3 is 0 Å². The molecule has 8 heteroatoms. The molecule has 0 saturated carbocycles. The molecule has 0 aliphatic carbocycles. The molecule has 0 unspecified atom stereocenters. The first kappa shape index (κ1) is 20.8. The average Bonchev–Trinajstić information content (AvgIpc) is 2.70. The van der Waals surface area contributed by atoms with Crippen LogP contribution in [0.1, 0.15) is 18.4 Å². The number of benzene rings is 2. The number of carbonyl (C=O) groups excluding carboxylic acids is 1. The molecule has 1 amide bonds. The van der Waals surface area contributed by atoms with Gasteiger partial charge < -0.3 is 10.1 Å². The van der Waals surface area contributed by atoms with Crippen LogP contribution in [0.3, 0.4) is 0 Å². The van der Waals surface area contributed by atoms with Gasteiger partial charge in [0.1, 0.15) is 5.75 Å². The summed E-state index contributed by atoms with van der Waals surface area (Å²) in [5.74, 6) is 0.318. The number of piperidine rings is 1. The standard InChI is InChI=1S/C20H23BrN2O4S/c1-14-3-8-19(18(21)13-14)22-20(24)15-9-11-23(12-10-15)28(25,26)17-6-4-16(27-2)5-7-17/h3-8,13,15H,9-12H2,1-2H3,(H,22,24). The van der Waals surface area contributed by atoms with Crippen molar-refractivity contribution in [1.29, 1.82) is 0 Å². The first-order valence-electron chi connectivity index (χ1n) is 9.02. The first-order valence-corrected chi connectivity index (χ1v) is 11.3. The third-order valence-electron chi connectivity index (χ3n) is 4.90. The van der Waals surface area contributed by atoms with Crippen molar-refractivity contribution < 1.29 is 17.9 Å². The van der Waals surface area contributed by atoms with Crippen molar-refractivity contribution in [3.63, 3.8) is 0 Å². The fourth-order valence-corrected chi connectivity index (χ4v) is 5.27. The van der Waals surface area contributed by atoms with E-state index in [1.165, 1.54) is 11.4 Å². The lowest BCUT2D eigenvalue weighted by Crippen LogP contribution is -2.41. The number of ether oxygens (including phenoxy) is 1. The molecular formula is C20H23BrN2O4S. The van der Waals surface area contributed by atoms with E-state index >= 15 is 0 Å². The maximum atomic E-state index is 12.8. The summed E-state index contributed by atoms with van der Waals surface area (Å²) in [7, 11) is -2.03. The van der Waals surface area contributed by atoms with E-state index in [4.69, 9.17) is 4.74 Å². The number of rotatable bonds is 5. The zero-order valence-corrected chi connectivity index (χ0v) is 18.2. The molecule has 1 saturated heterocycles. The first-order chi connectivity index (χ1) is 13.3. The molecule has 0 aromatic heterocycles. The van der Waals surface area contributed by atoms with E-state index < -0.39 is 10.0 Å². The number of hydrogen-bond donors (Lipinski definition) is 1. The molecule has 2 aromatic rings. The Hall–Kier alpha value is -1.90. The lowest BCUT2D eigenvalue weighted by atomic mass is 9.97. The van der Waals surface area contributed by atoms with Crippen molar-refractivity contribution in [1.82, 2.24) is 4.31 Å². The third kappa shape index (κ3) is 4.56. The molecule has 3 rings (SSSR count). The summed E-state index contributed by atoms with van der Waals surface area (Å²) in [4.78, 5) is 12.8. The fourth-order valence-electron chi connectivity index (χ4n) is 3.21. The third-order valence-corrected chi connectivity index (χ3v) is 7.47. The van der Waals surface area contributed by atoms with Gasteiger partial charge in [-0.3, -0.25) is 4.79 Å². The average molecular weight is 467 g/mol. The van der Waals surface area contributed by atoms with E-state index in [-0.39, 0.29) is 16.7 Å². The van der Waals surface area contributed by atoms with Crippen molar-refractivity contribution in [2.75, 3.05) is 25.5 Å². The van der Waals surface area contributed by atoms with E-state index in [1.54, 1.807) is 24.3 Å². The van der Waals surface area contributed by atoms with Crippen molar-refractivity contribution in [3.05, 3.63) is 52.5 Å². The molecule has 0 spiro atoms. The smallest absolute Gasteiger partial charge is 0.243 e. The molecule has 0 atom stereocenters. The highest BCUT2D eigenvalue weighted by Crippen LogP contribution is 2.28. The van der Waals surface area contributed by atoms with Crippen LogP contribution < -0.4 is 10.1 Å². The quantitative estimate of drug-likeness (QED) is 0.726. The summed E-state index contributed by atoms with van der Waals surface area (Å²) in [6.45, 7) is 2.62. The number of carbonyl (C=O) groups is 1. The van der Waals surface area contributed by atoms with Crippen LogP contribution in [-0.2, 0) is 14.8 Å². The minimum absolute atomic E-state index is 0.0777. The van der Waals surface area contributed by atoms with E-state index in [1.807, 2.05) is 25.1 Å². The zero-order chi connectivity index (χ0) is 20.3. The lowest BCUT2D eigenvalue weighted by molar-refractivity contribution is -0.120. The van der Waals surface area contributed by atoms with Gasteiger partial charge in [-0.2, -0.15) is 4.31 Å². The number of nitrogens with zero attached hydrogens (tertiary/aromatic N) is 1. The summed E-state index contributed by atoms with van der Waals surface area (Å²) >= 11 is 3.46. The zero-order valence-electron chi connectivity index (χ0n) is 15.8. The largest absolute Gasteiger partial charge is 0.497 e. The van der Waals surface area contributed by atoms with Crippen LogP contribution in [0, 0.1) is 12.8 Å². The van der Waals surface area contributed by atoms with Gasteiger partial charge in [0.15, 0.2) is 0 Å². The van der Waals surface area contributed by atoms with Gasteiger partial charge in [0, 0.05) is 23.5 Å². The molecule has 1 heterocycles. The maximum absolute atomic E-state index is 12.8. The molecule has 6 nitrogen and oxygen atoms in total.